The fourth-order valence-corrected chi connectivity index (χ4v) is 5.47. The first-order valence-electron chi connectivity index (χ1n) is 8.32. The molecule has 0 radical (unpaired) electrons. The molecule has 2 aromatic carbocycles. The van der Waals surface area contributed by atoms with Crippen LogP contribution < -0.4 is 0 Å². The average Bonchev–Trinajstić information content (AvgIpc) is 3.01. The van der Waals surface area contributed by atoms with Gasteiger partial charge in [-0.3, -0.25) is 4.79 Å². The van der Waals surface area contributed by atoms with Gasteiger partial charge in [-0.05, 0) is 49.2 Å². The zero-order chi connectivity index (χ0) is 20.5. The molecule has 0 fully saturated rings. The Balaban J connectivity index is 2.16. The molecule has 0 N–H and O–H groups in total. The van der Waals surface area contributed by atoms with Gasteiger partial charge in [0, 0.05) is 22.5 Å². The summed E-state index contributed by atoms with van der Waals surface area (Å²) in [5.41, 5.74) is 0.978. The minimum atomic E-state index is -4.03. The molecule has 28 heavy (non-hydrogen) atoms. The summed E-state index contributed by atoms with van der Waals surface area (Å²) in [6.45, 7) is 0. The molecule has 3 aromatic rings. The predicted molar refractivity (Wildman–Crippen MR) is 111 cm³/mol. The number of nitrogens with zero attached hydrogens (tertiary/aromatic N) is 1. The zero-order valence-electron chi connectivity index (χ0n) is 14.8. The standard InChI is InChI=1S/C19H16Cl3NO4S/c1-27-18(24)7-2-4-14-11-12-10-13(20)8-9-16(12)23(14)28(25,26)17-6-3-5-15(21)19(17)22/h3,5-6,8-11H,2,4,7H2,1H3. The summed E-state index contributed by atoms with van der Waals surface area (Å²) < 4.78 is 32.7. The molecule has 0 spiro atoms. The maximum absolute atomic E-state index is 13.4. The number of rotatable bonds is 6. The van der Waals surface area contributed by atoms with Crippen LogP contribution in [0.15, 0.2) is 47.4 Å². The van der Waals surface area contributed by atoms with Gasteiger partial charge in [0.1, 0.15) is 4.90 Å². The van der Waals surface area contributed by atoms with Crippen LogP contribution in [0.4, 0.5) is 0 Å². The van der Waals surface area contributed by atoms with Crippen molar-refractivity contribution in [1.82, 2.24) is 3.97 Å². The van der Waals surface area contributed by atoms with E-state index in [2.05, 4.69) is 4.74 Å². The van der Waals surface area contributed by atoms with Gasteiger partial charge in [0.2, 0.25) is 0 Å². The third kappa shape index (κ3) is 4.01. The van der Waals surface area contributed by atoms with Gasteiger partial charge in [-0.25, -0.2) is 12.4 Å². The molecule has 0 aliphatic rings. The number of carbonyl (C=O) groups excluding carboxylic acids is 1. The number of ether oxygens (including phenoxy) is 1. The predicted octanol–water partition coefficient (Wildman–Crippen LogP) is 5.33. The van der Waals surface area contributed by atoms with Gasteiger partial charge in [0.25, 0.3) is 10.0 Å². The van der Waals surface area contributed by atoms with Crippen molar-refractivity contribution >= 4 is 61.7 Å². The van der Waals surface area contributed by atoms with Crippen molar-refractivity contribution in [2.45, 2.75) is 24.2 Å². The monoisotopic (exact) mass is 459 g/mol. The average molecular weight is 461 g/mol. The number of esters is 1. The van der Waals surface area contributed by atoms with Gasteiger partial charge in [-0.15, -0.1) is 0 Å². The first-order chi connectivity index (χ1) is 13.3. The molecule has 1 heterocycles. The summed E-state index contributed by atoms with van der Waals surface area (Å²) >= 11 is 18.3. The molecule has 0 aliphatic heterocycles. The van der Waals surface area contributed by atoms with E-state index in [9.17, 15) is 13.2 Å². The summed E-state index contributed by atoms with van der Waals surface area (Å²) in [6.07, 6.45) is 0.949. The van der Waals surface area contributed by atoms with Crippen molar-refractivity contribution in [3.8, 4) is 0 Å². The molecule has 0 aliphatic carbocycles. The van der Waals surface area contributed by atoms with E-state index in [1.165, 1.54) is 29.3 Å². The van der Waals surface area contributed by atoms with Gasteiger partial charge >= 0.3 is 5.97 Å². The van der Waals surface area contributed by atoms with Gasteiger partial charge in [0.05, 0.1) is 22.7 Å². The van der Waals surface area contributed by atoms with Gasteiger partial charge in [0.15, 0.2) is 0 Å². The van der Waals surface area contributed by atoms with E-state index in [0.717, 1.165) is 0 Å². The summed E-state index contributed by atoms with van der Waals surface area (Å²) in [5.74, 6) is -0.355. The molecular weight excluding hydrogens is 445 g/mol. The quantitative estimate of drug-likeness (QED) is 0.466. The minimum Gasteiger partial charge on any atom is -0.469 e. The molecule has 0 saturated heterocycles. The second-order valence-corrected chi connectivity index (χ2v) is 9.07. The molecule has 5 nitrogen and oxygen atoms in total. The highest BCUT2D eigenvalue weighted by molar-refractivity contribution is 7.90. The lowest BCUT2D eigenvalue weighted by atomic mass is 10.2. The van der Waals surface area contributed by atoms with E-state index >= 15 is 0 Å². The van der Waals surface area contributed by atoms with Crippen molar-refractivity contribution in [3.63, 3.8) is 0 Å². The number of carbonyl (C=O) groups is 1. The van der Waals surface area contributed by atoms with Gasteiger partial charge < -0.3 is 4.74 Å². The van der Waals surface area contributed by atoms with E-state index in [1.807, 2.05) is 0 Å². The summed E-state index contributed by atoms with van der Waals surface area (Å²) in [6, 6.07) is 11.1. The Bertz CT molecular complexity index is 1160. The lowest BCUT2D eigenvalue weighted by molar-refractivity contribution is -0.140. The molecule has 0 amide bonds. The van der Waals surface area contributed by atoms with Crippen LogP contribution in [0.3, 0.4) is 0 Å². The molecule has 0 saturated carbocycles. The van der Waals surface area contributed by atoms with Crippen molar-refractivity contribution in [1.29, 1.82) is 0 Å². The summed E-state index contributed by atoms with van der Waals surface area (Å²) in [4.78, 5) is 11.3. The normalized spacial score (nSPS) is 11.7. The van der Waals surface area contributed by atoms with Crippen molar-refractivity contribution in [2.75, 3.05) is 7.11 Å². The second-order valence-electron chi connectivity index (χ2n) is 6.09. The zero-order valence-corrected chi connectivity index (χ0v) is 17.9. The molecule has 148 valence electrons. The van der Waals surface area contributed by atoms with Crippen LogP contribution in [0.2, 0.25) is 15.1 Å². The lowest BCUT2D eigenvalue weighted by Gasteiger charge is -2.13. The molecule has 1 aromatic heterocycles. The first kappa shape index (κ1) is 21.0. The van der Waals surface area contributed by atoms with Crippen molar-refractivity contribution in [2.24, 2.45) is 0 Å². The fourth-order valence-electron chi connectivity index (χ4n) is 2.97. The van der Waals surface area contributed by atoms with Crippen LogP contribution in [0.5, 0.6) is 0 Å². The highest BCUT2D eigenvalue weighted by Gasteiger charge is 2.26. The highest BCUT2D eigenvalue weighted by Crippen LogP contribution is 2.34. The number of hydrogen-bond donors (Lipinski definition) is 0. The van der Waals surface area contributed by atoms with Gasteiger partial charge in [-0.2, -0.15) is 0 Å². The largest absolute Gasteiger partial charge is 0.469 e. The third-order valence-electron chi connectivity index (χ3n) is 4.27. The van der Waals surface area contributed by atoms with Crippen molar-refractivity contribution < 1.29 is 17.9 Å². The van der Waals surface area contributed by atoms with Gasteiger partial charge in [-0.1, -0.05) is 40.9 Å². The summed E-state index contributed by atoms with van der Waals surface area (Å²) in [5, 5.41) is 1.27. The number of halogens is 3. The number of aryl methyl sites for hydroxylation is 1. The van der Waals surface area contributed by atoms with Crippen LogP contribution in [0.25, 0.3) is 10.9 Å². The Morgan fingerprint density at radius 1 is 1.11 bits per heavy atom. The van der Waals surface area contributed by atoms with Crippen LogP contribution in [-0.2, 0) is 26.0 Å². The third-order valence-corrected chi connectivity index (χ3v) is 7.24. The number of aromatic nitrogens is 1. The number of hydrogen-bond acceptors (Lipinski definition) is 4. The van der Waals surface area contributed by atoms with E-state index < -0.39 is 10.0 Å². The fraction of sp³-hybridized carbons (Fsp3) is 0.211. The topological polar surface area (TPSA) is 65.4 Å². The maximum atomic E-state index is 13.4. The van der Waals surface area contributed by atoms with Crippen LogP contribution >= 0.6 is 34.8 Å². The maximum Gasteiger partial charge on any atom is 0.305 e. The number of methoxy groups -OCH3 is 1. The van der Waals surface area contributed by atoms with E-state index in [4.69, 9.17) is 34.8 Å². The first-order valence-corrected chi connectivity index (χ1v) is 10.9. The molecule has 0 bridgehead atoms. The van der Waals surface area contributed by atoms with E-state index in [0.29, 0.717) is 34.5 Å². The SMILES string of the molecule is COC(=O)CCCc1cc2cc(Cl)ccc2n1S(=O)(=O)c1cccc(Cl)c1Cl. The van der Waals surface area contributed by atoms with Crippen LogP contribution in [0, 0.1) is 0 Å². The number of benzene rings is 2. The Hall–Kier alpha value is -1.73. The summed E-state index contributed by atoms with van der Waals surface area (Å²) in [7, 11) is -2.72. The molecule has 0 unspecified atom stereocenters. The molecule has 9 heteroatoms. The highest BCUT2D eigenvalue weighted by atomic mass is 35.5. The lowest BCUT2D eigenvalue weighted by Crippen LogP contribution is -2.16. The molecule has 3 rings (SSSR count). The Morgan fingerprint density at radius 3 is 2.57 bits per heavy atom. The minimum absolute atomic E-state index is 0.0412. The number of fused-ring (bicyclic) bond motifs is 1. The van der Waals surface area contributed by atoms with Crippen molar-refractivity contribution in [3.05, 3.63) is 63.2 Å². The van der Waals surface area contributed by atoms with E-state index in [-0.39, 0.29) is 27.3 Å². The second kappa shape index (κ2) is 8.33. The molecule has 0 atom stereocenters. The Labute approximate surface area is 177 Å². The van der Waals surface area contributed by atoms with E-state index in [1.54, 1.807) is 24.3 Å². The smallest absolute Gasteiger partial charge is 0.305 e. The Kier molecular flexibility index (Phi) is 6.25. The Morgan fingerprint density at radius 2 is 1.86 bits per heavy atom. The van der Waals surface area contributed by atoms with Crippen LogP contribution in [0.1, 0.15) is 18.5 Å². The van der Waals surface area contributed by atoms with Crippen LogP contribution in [-0.4, -0.2) is 25.5 Å². The molecular formula is C19H16Cl3NO4S.